The van der Waals surface area contributed by atoms with Gasteiger partial charge in [-0.2, -0.15) is 0 Å². The molecule has 2 saturated heterocycles. The summed E-state index contributed by atoms with van der Waals surface area (Å²) in [4.78, 5) is 0. The van der Waals surface area contributed by atoms with Crippen molar-refractivity contribution in [2.24, 2.45) is 0 Å². The summed E-state index contributed by atoms with van der Waals surface area (Å²) in [6, 6.07) is 1.95. The monoisotopic (exact) mass is 250 g/mol. The molecule has 3 rings (SSSR count). The second kappa shape index (κ2) is 3.82. The highest BCUT2D eigenvalue weighted by molar-refractivity contribution is 6.60. The molecule has 1 aromatic rings. The Labute approximate surface area is 107 Å². The Bertz CT molecular complexity index is 438. The van der Waals surface area contributed by atoms with E-state index < -0.39 is 7.12 Å². The van der Waals surface area contributed by atoms with Crippen molar-refractivity contribution in [2.45, 2.75) is 44.8 Å². The maximum absolute atomic E-state index is 5.92. The highest BCUT2D eigenvalue weighted by Gasteiger charge is 2.53. The van der Waals surface area contributed by atoms with E-state index in [-0.39, 0.29) is 11.2 Å². The number of aromatic nitrogens is 1. The Morgan fingerprint density at radius 2 is 1.83 bits per heavy atom. The van der Waals surface area contributed by atoms with Crippen molar-refractivity contribution in [3.63, 3.8) is 0 Å². The van der Waals surface area contributed by atoms with Gasteiger partial charge in [0, 0.05) is 25.1 Å². The maximum Gasteiger partial charge on any atom is 0.535 e. The summed E-state index contributed by atoms with van der Waals surface area (Å²) >= 11 is 0. The zero-order chi connectivity index (χ0) is 13.0. The van der Waals surface area contributed by atoms with Crippen LogP contribution >= 0.6 is 0 Å². The van der Waals surface area contributed by atoms with Crippen molar-refractivity contribution in [2.75, 3.05) is 13.1 Å². The standard InChI is InChI=1S/C12H19BN2O3/c1-11(2)12(3,4)18-13(17-11)10-5-9(15-16-10)8-6-14-7-8/h5,8,14H,6-7H2,1-4H3. The van der Waals surface area contributed by atoms with Gasteiger partial charge in [-0.3, -0.25) is 0 Å². The lowest BCUT2D eigenvalue weighted by molar-refractivity contribution is 0.00578. The molecule has 0 spiro atoms. The summed E-state index contributed by atoms with van der Waals surface area (Å²) in [5, 5.41) is 7.32. The van der Waals surface area contributed by atoms with Crippen LogP contribution in [0.2, 0.25) is 0 Å². The van der Waals surface area contributed by atoms with Gasteiger partial charge in [-0.05, 0) is 27.7 Å². The molecule has 0 saturated carbocycles. The van der Waals surface area contributed by atoms with Crippen molar-refractivity contribution in [3.8, 4) is 0 Å². The number of hydrogen-bond acceptors (Lipinski definition) is 5. The molecule has 0 aliphatic carbocycles. The molecule has 0 radical (unpaired) electrons. The third kappa shape index (κ3) is 1.79. The van der Waals surface area contributed by atoms with Gasteiger partial charge in [0.15, 0.2) is 5.66 Å². The second-order valence-corrected chi connectivity index (χ2v) is 6.10. The highest BCUT2D eigenvalue weighted by atomic mass is 16.7. The minimum Gasteiger partial charge on any atom is -0.397 e. The third-order valence-electron chi connectivity index (χ3n) is 4.23. The molecule has 0 atom stereocenters. The van der Waals surface area contributed by atoms with Crippen LogP contribution in [-0.2, 0) is 9.31 Å². The minimum atomic E-state index is -0.454. The summed E-state index contributed by atoms with van der Waals surface area (Å²) in [5.41, 5.74) is 0.958. The third-order valence-corrected chi connectivity index (χ3v) is 4.23. The predicted octanol–water partition coefficient (Wildman–Crippen LogP) is 0.661. The quantitative estimate of drug-likeness (QED) is 0.781. The minimum absolute atomic E-state index is 0.345. The van der Waals surface area contributed by atoms with Crippen LogP contribution in [-0.4, -0.2) is 36.6 Å². The Kier molecular flexibility index (Phi) is 2.59. The van der Waals surface area contributed by atoms with Gasteiger partial charge in [0.25, 0.3) is 0 Å². The van der Waals surface area contributed by atoms with Crippen LogP contribution in [0, 0.1) is 0 Å². The Morgan fingerprint density at radius 1 is 1.22 bits per heavy atom. The molecule has 3 heterocycles. The molecule has 0 amide bonds. The van der Waals surface area contributed by atoms with Gasteiger partial charge in [0.2, 0.25) is 0 Å². The SMILES string of the molecule is CC1(C)OB(c2cc(C3CNC3)no2)OC1(C)C. The summed E-state index contributed by atoms with van der Waals surface area (Å²) < 4.78 is 17.2. The van der Waals surface area contributed by atoms with Crippen molar-refractivity contribution in [1.82, 2.24) is 10.5 Å². The summed E-state index contributed by atoms with van der Waals surface area (Å²) in [5.74, 6) is 0.463. The highest BCUT2D eigenvalue weighted by Crippen LogP contribution is 2.36. The van der Waals surface area contributed by atoms with Crippen LogP contribution < -0.4 is 11.0 Å². The first-order valence-electron chi connectivity index (χ1n) is 6.42. The molecule has 5 nitrogen and oxygen atoms in total. The van der Waals surface area contributed by atoms with Gasteiger partial charge < -0.3 is 19.1 Å². The van der Waals surface area contributed by atoms with Crippen LogP contribution in [0.4, 0.5) is 0 Å². The fourth-order valence-corrected chi connectivity index (χ4v) is 2.06. The number of nitrogens with one attached hydrogen (secondary N) is 1. The van der Waals surface area contributed by atoms with Crippen LogP contribution in [0.5, 0.6) is 0 Å². The lowest BCUT2D eigenvalue weighted by Gasteiger charge is -2.32. The molecule has 6 heteroatoms. The lowest BCUT2D eigenvalue weighted by Crippen LogP contribution is -2.41. The van der Waals surface area contributed by atoms with Crippen LogP contribution in [0.15, 0.2) is 10.6 Å². The zero-order valence-electron chi connectivity index (χ0n) is 11.3. The second-order valence-electron chi connectivity index (χ2n) is 6.10. The van der Waals surface area contributed by atoms with E-state index in [9.17, 15) is 0 Å². The maximum atomic E-state index is 5.92. The van der Waals surface area contributed by atoms with Crippen molar-refractivity contribution >= 4 is 12.8 Å². The molecule has 0 aromatic carbocycles. The van der Waals surface area contributed by atoms with Gasteiger partial charge in [-0.1, -0.05) is 5.16 Å². The van der Waals surface area contributed by atoms with E-state index in [4.69, 9.17) is 13.8 Å². The average molecular weight is 250 g/mol. The van der Waals surface area contributed by atoms with E-state index >= 15 is 0 Å². The molecular formula is C12H19BN2O3. The molecule has 2 aliphatic rings. The Balaban J connectivity index is 1.78. The molecule has 2 fully saturated rings. The van der Waals surface area contributed by atoms with Crippen LogP contribution in [0.1, 0.15) is 39.3 Å². The fourth-order valence-electron chi connectivity index (χ4n) is 2.06. The molecule has 0 bridgehead atoms. The van der Waals surface area contributed by atoms with Gasteiger partial charge >= 0.3 is 7.12 Å². The molecule has 18 heavy (non-hydrogen) atoms. The largest absolute Gasteiger partial charge is 0.535 e. The van der Waals surface area contributed by atoms with Crippen LogP contribution in [0.3, 0.4) is 0 Å². The number of rotatable bonds is 2. The first-order valence-corrected chi connectivity index (χ1v) is 6.42. The fraction of sp³-hybridized carbons (Fsp3) is 0.750. The summed E-state index contributed by atoms with van der Waals surface area (Å²) in [7, 11) is -0.454. The van der Waals surface area contributed by atoms with Gasteiger partial charge in [-0.25, -0.2) is 0 Å². The smallest absolute Gasteiger partial charge is 0.397 e. The first-order chi connectivity index (χ1) is 8.39. The first kappa shape index (κ1) is 12.2. The normalized spacial score (nSPS) is 26.3. The zero-order valence-corrected chi connectivity index (χ0v) is 11.3. The molecule has 1 N–H and O–H groups in total. The van der Waals surface area contributed by atoms with E-state index in [1.54, 1.807) is 0 Å². The molecular weight excluding hydrogens is 231 g/mol. The van der Waals surface area contributed by atoms with Crippen molar-refractivity contribution in [1.29, 1.82) is 0 Å². The molecule has 2 aliphatic heterocycles. The molecule has 98 valence electrons. The topological polar surface area (TPSA) is 56.5 Å². The van der Waals surface area contributed by atoms with Crippen LogP contribution in [0.25, 0.3) is 0 Å². The average Bonchev–Trinajstić information content (AvgIpc) is 2.68. The van der Waals surface area contributed by atoms with Gasteiger partial charge in [0.1, 0.15) is 0 Å². The Morgan fingerprint density at radius 3 is 2.33 bits per heavy atom. The van der Waals surface area contributed by atoms with Crippen molar-refractivity contribution < 1.29 is 13.8 Å². The van der Waals surface area contributed by atoms with E-state index in [1.165, 1.54) is 0 Å². The number of hydrogen-bond donors (Lipinski definition) is 1. The lowest BCUT2D eigenvalue weighted by atomic mass is 9.85. The molecule has 1 aromatic heterocycles. The van der Waals surface area contributed by atoms with E-state index in [0.29, 0.717) is 11.6 Å². The molecule has 0 unspecified atom stereocenters. The van der Waals surface area contributed by atoms with E-state index in [0.717, 1.165) is 18.8 Å². The van der Waals surface area contributed by atoms with E-state index in [2.05, 4.69) is 10.5 Å². The number of nitrogens with zero attached hydrogens (tertiary/aromatic N) is 1. The summed E-state index contributed by atoms with van der Waals surface area (Å²) in [6.45, 7) is 10.0. The van der Waals surface area contributed by atoms with Crippen molar-refractivity contribution in [3.05, 3.63) is 11.8 Å². The van der Waals surface area contributed by atoms with E-state index in [1.807, 2.05) is 33.8 Å². The Hall–Kier alpha value is -0.845. The predicted molar refractivity (Wildman–Crippen MR) is 67.8 cm³/mol. The summed E-state index contributed by atoms with van der Waals surface area (Å²) in [6.07, 6.45) is 0. The van der Waals surface area contributed by atoms with Gasteiger partial charge in [0.05, 0.1) is 16.9 Å². The van der Waals surface area contributed by atoms with Gasteiger partial charge in [-0.15, -0.1) is 0 Å².